The summed E-state index contributed by atoms with van der Waals surface area (Å²) in [6.45, 7) is 0. The Bertz CT molecular complexity index is 36.0. The van der Waals surface area contributed by atoms with Crippen LogP contribution < -0.4 is 0 Å². The maximum absolute atomic E-state index is 8.81. The van der Waals surface area contributed by atoms with Gasteiger partial charge >= 0.3 is 27.0 Å². The Morgan fingerprint density at radius 3 is 0.700 bits per heavy atom. The Kier molecular flexibility index (Phi) is 824. The summed E-state index contributed by atoms with van der Waals surface area (Å²) in [6, 6.07) is 0. The Morgan fingerprint density at radius 1 is 0.700 bits per heavy atom. The first-order valence-corrected chi connectivity index (χ1v) is 3.38. The van der Waals surface area contributed by atoms with E-state index in [9.17, 15) is 0 Å². The van der Waals surface area contributed by atoms with Gasteiger partial charge in [-0.1, -0.05) is 0 Å². The predicted octanol–water partition coefficient (Wildman–Crippen LogP) is -0.699. The molecule has 0 aromatic heterocycles. The standard InChI is InChI=1S/6FH.GeH2O3/c;;;;;;2-1(3)4/h6*1H;2-3H. The molecular weight excluding hydrogens is 235 g/mol. The summed E-state index contributed by atoms with van der Waals surface area (Å²) < 4.78 is 23.2. The average Bonchev–Trinajstić information content (AvgIpc) is 0.811. The first kappa shape index (κ1) is 109. The molecule has 0 saturated carbocycles. The Hall–Kier alpha value is -0.477. The fourth-order valence-corrected chi connectivity index (χ4v) is 0. The van der Waals surface area contributed by atoms with Crippen molar-refractivity contribution in [2.45, 2.75) is 0 Å². The van der Waals surface area contributed by atoms with Crippen LogP contribution in [0.3, 0.4) is 0 Å². The summed E-state index contributed by atoms with van der Waals surface area (Å²) in [4.78, 5) is 0. The predicted molar refractivity (Wildman–Crippen MR) is 25.9 cm³/mol. The van der Waals surface area contributed by atoms with Gasteiger partial charge in [0, 0.05) is 0 Å². The van der Waals surface area contributed by atoms with Gasteiger partial charge in [-0.05, 0) is 0 Å². The normalized spacial score (nSPS) is 2.40. The van der Waals surface area contributed by atoms with Gasteiger partial charge in [0.15, 0.2) is 0 Å². The third-order valence-electron chi connectivity index (χ3n) is 0. The molecular formula is H8F6GeO3. The summed E-state index contributed by atoms with van der Waals surface area (Å²) in [5.41, 5.74) is 0. The van der Waals surface area contributed by atoms with Crippen molar-refractivity contribution in [3.63, 3.8) is 0 Å². The van der Waals surface area contributed by atoms with E-state index >= 15 is 0 Å². The fraction of sp³-hybridized carbons (Fsp3) is 0. The van der Waals surface area contributed by atoms with Crippen molar-refractivity contribution >= 4 is 15.0 Å². The summed E-state index contributed by atoms with van der Waals surface area (Å²) in [6.07, 6.45) is 0. The molecule has 0 aromatic rings. The zero-order valence-corrected chi connectivity index (χ0v) is 6.35. The Morgan fingerprint density at radius 2 is 0.700 bits per heavy atom. The van der Waals surface area contributed by atoms with Crippen LogP contribution in [0.15, 0.2) is 0 Å². The molecule has 0 aliphatic heterocycles. The van der Waals surface area contributed by atoms with Crippen LogP contribution in [0, 0.1) is 0 Å². The molecule has 0 rings (SSSR count). The van der Waals surface area contributed by atoms with Crippen molar-refractivity contribution in [1.82, 2.24) is 0 Å². The number of hydrogen-bond acceptors (Lipinski definition) is 1. The van der Waals surface area contributed by atoms with E-state index in [-0.39, 0.29) is 28.2 Å². The molecule has 0 fully saturated rings. The summed E-state index contributed by atoms with van der Waals surface area (Å²) >= 11 is -3.58. The van der Waals surface area contributed by atoms with Gasteiger partial charge in [0.05, 0.1) is 0 Å². The second-order valence-corrected chi connectivity index (χ2v) is 1.47. The van der Waals surface area contributed by atoms with Gasteiger partial charge in [-0.3, -0.25) is 28.2 Å². The average molecular weight is 243 g/mol. The molecule has 2 N–H and O–H groups in total. The van der Waals surface area contributed by atoms with Gasteiger partial charge in [-0.25, -0.2) is 0 Å². The van der Waals surface area contributed by atoms with Crippen LogP contribution in [0.1, 0.15) is 0 Å². The van der Waals surface area contributed by atoms with Gasteiger partial charge in [0.25, 0.3) is 0 Å². The topological polar surface area (TPSA) is 57.5 Å². The van der Waals surface area contributed by atoms with Crippen LogP contribution >= 0.6 is 0 Å². The van der Waals surface area contributed by atoms with E-state index in [4.69, 9.17) is 12.0 Å². The molecule has 0 unspecified atom stereocenters. The molecule has 0 amide bonds. The van der Waals surface area contributed by atoms with Crippen LogP contribution in [0.25, 0.3) is 0 Å². The second kappa shape index (κ2) is 75.8. The van der Waals surface area contributed by atoms with Gasteiger partial charge in [0.1, 0.15) is 0 Å². The number of hydrogen-bond donors (Lipinski definition) is 2. The van der Waals surface area contributed by atoms with E-state index in [1.54, 1.807) is 0 Å². The molecule has 10 heavy (non-hydrogen) atoms. The summed E-state index contributed by atoms with van der Waals surface area (Å²) in [5.74, 6) is 0. The van der Waals surface area contributed by atoms with E-state index in [1.165, 1.54) is 0 Å². The van der Waals surface area contributed by atoms with Crippen LogP contribution in [0.4, 0.5) is 28.2 Å². The molecule has 3 nitrogen and oxygen atoms in total. The third kappa shape index (κ3) is 1410. The Balaban J connectivity index is -0.00000000300. The van der Waals surface area contributed by atoms with Gasteiger partial charge in [0.2, 0.25) is 0 Å². The first-order valence-electron chi connectivity index (χ1n) is 0.651. The molecule has 0 bridgehead atoms. The van der Waals surface area contributed by atoms with Gasteiger partial charge < -0.3 is 0 Å². The van der Waals surface area contributed by atoms with Crippen LogP contribution in [0.5, 0.6) is 0 Å². The van der Waals surface area contributed by atoms with E-state index in [0.29, 0.717) is 0 Å². The van der Waals surface area contributed by atoms with Crippen molar-refractivity contribution in [3.8, 4) is 0 Å². The molecule has 0 heterocycles. The molecule has 0 aliphatic carbocycles. The molecule has 10 heteroatoms. The van der Waals surface area contributed by atoms with Gasteiger partial charge in [-0.15, -0.1) is 0 Å². The zero-order chi connectivity index (χ0) is 3.58. The van der Waals surface area contributed by atoms with Gasteiger partial charge in [-0.2, -0.15) is 0 Å². The zero-order valence-electron chi connectivity index (χ0n) is 4.25. The quantitative estimate of drug-likeness (QED) is 0.436. The molecule has 0 aromatic carbocycles. The first-order chi connectivity index (χ1) is 1.73. The molecule has 0 saturated heterocycles. The molecule has 0 radical (unpaired) electrons. The summed E-state index contributed by atoms with van der Waals surface area (Å²) in [7, 11) is 0. The van der Waals surface area contributed by atoms with Crippen molar-refractivity contribution in [1.29, 1.82) is 0 Å². The molecule has 0 aliphatic rings. The number of rotatable bonds is 0. The van der Waals surface area contributed by atoms with E-state index in [1.807, 2.05) is 0 Å². The SMILES string of the molecule is F.F.F.F.F.F.[O]=[Ge]([OH])[OH]. The van der Waals surface area contributed by atoms with E-state index < -0.39 is 15.0 Å². The molecule has 72 valence electrons. The third-order valence-corrected chi connectivity index (χ3v) is 0. The van der Waals surface area contributed by atoms with Crippen molar-refractivity contribution in [2.75, 3.05) is 0 Å². The van der Waals surface area contributed by atoms with E-state index in [0.717, 1.165) is 0 Å². The minimum absolute atomic E-state index is 0. The van der Waals surface area contributed by atoms with E-state index in [2.05, 4.69) is 0 Å². The molecule has 0 atom stereocenters. The molecule has 0 spiro atoms. The van der Waals surface area contributed by atoms with Crippen LogP contribution in [0.2, 0.25) is 0 Å². The minimum atomic E-state index is -3.58. The van der Waals surface area contributed by atoms with Crippen LogP contribution in [-0.4, -0.2) is 23.2 Å². The van der Waals surface area contributed by atoms with Crippen molar-refractivity contribution < 1.29 is 40.3 Å². The summed E-state index contributed by atoms with van der Waals surface area (Å²) in [5, 5.41) is 0. The van der Waals surface area contributed by atoms with Crippen molar-refractivity contribution in [3.05, 3.63) is 0 Å². The monoisotopic (exact) mass is 244 g/mol. The second-order valence-electron chi connectivity index (χ2n) is 0.283. The Labute approximate surface area is 56.3 Å². The maximum atomic E-state index is 8.81. The van der Waals surface area contributed by atoms with Crippen molar-refractivity contribution in [2.24, 2.45) is 0 Å². The number of halogens is 6. The fourth-order valence-electron chi connectivity index (χ4n) is 0. The van der Waals surface area contributed by atoms with Crippen LogP contribution in [-0.2, 0) is 3.78 Å².